The van der Waals surface area contributed by atoms with Gasteiger partial charge < -0.3 is 19.7 Å². The summed E-state index contributed by atoms with van der Waals surface area (Å²) >= 11 is 0. The van der Waals surface area contributed by atoms with Gasteiger partial charge in [-0.3, -0.25) is 24.6 Å². The molecule has 9 heteroatoms. The van der Waals surface area contributed by atoms with Gasteiger partial charge in [0.05, 0.1) is 5.69 Å². The number of aliphatic carboxylic acids is 2. The molecule has 2 atom stereocenters. The third-order valence-electron chi connectivity index (χ3n) is 5.32. The fourth-order valence-electron chi connectivity index (χ4n) is 3.73. The fraction of sp³-hybridized carbons (Fsp3) is 0.550. The van der Waals surface area contributed by atoms with Crippen molar-refractivity contribution in [2.45, 2.75) is 37.8 Å². The average Bonchev–Trinajstić information content (AvgIpc) is 2.83. The first-order valence-electron chi connectivity index (χ1n) is 9.77. The Morgan fingerprint density at radius 3 is 2.62 bits per heavy atom. The maximum atomic E-state index is 13.0. The predicted molar refractivity (Wildman–Crippen MR) is 103 cm³/mol. The van der Waals surface area contributed by atoms with Crippen molar-refractivity contribution in [3.63, 3.8) is 0 Å². The first-order valence-corrected chi connectivity index (χ1v) is 9.77. The maximum absolute atomic E-state index is 13.0. The molecule has 1 aromatic carbocycles. The SMILES string of the molecule is O=C(O)CN1C(=O)[C@@H](N[C@@H](CCC2CCOCC2)C(=O)O)COc2ccccc21. The van der Waals surface area contributed by atoms with Gasteiger partial charge in [-0.1, -0.05) is 12.1 Å². The van der Waals surface area contributed by atoms with E-state index >= 15 is 0 Å². The minimum Gasteiger partial charge on any atom is -0.489 e. The zero-order valence-electron chi connectivity index (χ0n) is 16.1. The Kier molecular flexibility index (Phi) is 7.05. The number of carbonyl (C=O) groups excluding carboxylic acids is 1. The Morgan fingerprint density at radius 1 is 1.21 bits per heavy atom. The van der Waals surface area contributed by atoms with Crippen LogP contribution in [0, 0.1) is 5.92 Å². The Labute approximate surface area is 168 Å². The molecule has 158 valence electrons. The monoisotopic (exact) mass is 406 g/mol. The predicted octanol–water partition coefficient (Wildman–Crippen LogP) is 1.11. The highest BCUT2D eigenvalue weighted by molar-refractivity contribution is 6.02. The summed E-state index contributed by atoms with van der Waals surface area (Å²) < 4.78 is 11.0. The van der Waals surface area contributed by atoms with Crippen LogP contribution in [-0.4, -0.2) is 66.5 Å². The zero-order valence-corrected chi connectivity index (χ0v) is 16.1. The van der Waals surface area contributed by atoms with Crippen molar-refractivity contribution in [3.05, 3.63) is 24.3 Å². The number of benzene rings is 1. The minimum atomic E-state index is -1.16. The van der Waals surface area contributed by atoms with Gasteiger partial charge in [-0.25, -0.2) is 0 Å². The van der Waals surface area contributed by atoms with Gasteiger partial charge in [0.25, 0.3) is 0 Å². The molecule has 3 rings (SSSR count). The molecule has 0 aliphatic carbocycles. The summed E-state index contributed by atoms with van der Waals surface area (Å²) in [5, 5.41) is 21.7. The topological polar surface area (TPSA) is 125 Å². The van der Waals surface area contributed by atoms with E-state index < -0.39 is 36.5 Å². The number of hydrogen-bond acceptors (Lipinski definition) is 6. The lowest BCUT2D eigenvalue weighted by Gasteiger charge is -2.27. The minimum absolute atomic E-state index is 0.0764. The largest absolute Gasteiger partial charge is 0.489 e. The lowest BCUT2D eigenvalue weighted by Crippen LogP contribution is -2.54. The van der Waals surface area contributed by atoms with Gasteiger partial charge in [0.15, 0.2) is 0 Å². The zero-order chi connectivity index (χ0) is 20.8. The van der Waals surface area contributed by atoms with Gasteiger partial charge in [0.1, 0.15) is 31.0 Å². The highest BCUT2D eigenvalue weighted by Crippen LogP contribution is 2.31. The number of amides is 1. The average molecular weight is 406 g/mol. The van der Waals surface area contributed by atoms with Crippen molar-refractivity contribution in [2.75, 3.05) is 31.3 Å². The van der Waals surface area contributed by atoms with Crippen molar-refractivity contribution < 1.29 is 34.1 Å². The van der Waals surface area contributed by atoms with E-state index in [1.807, 2.05) is 0 Å². The summed E-state index contributed by atoms with van der Waals surface area (Å²) in [6.07, 6.45) is 2.89. The molecule has 1 fully saturated rings. The van der Waals surface area contributed by atoms with E-state index in [0.29, 0.717) is 43.4 Å². The van der Waals surface area contributed by atoms with Crippen LogP contribution >= 0.6 is 0 Å². The number of para-hydroxylation sites is 2. The molecule has 1 aromatic rings. The third kappa shape index (κ3) is 5.45. The molecule has 2 aliphatic rings. The smallest absolute Gasteiger partial charge is 0.323 e. The number of carboxylic acids is 2. The van der Waals surface area contributed by atoms with E-state index in [1.54, 1.807) is 24.3 Å². The molecule has 2 heterocycles. The number of anilines is 1. The molecule has 0 spiro atoms. The molecular weight excluding hydrogens is 380 g/mol. The number of carbonyl (C=O) groups is 3. The highest BCUT2D eigenvalue weighted by atomic mass is 16.5. The first-order chi connectivity index (χ1) is 14.0. The van der Waals surface area contributed by atoms with E-state index in [4.69, 9.17) is 9.47 Å². The second-order valence-corrected chi connectivity index (χ2v) is 7.34. The van der Waals surface area contributed by atoms with Crippen LogP contribution in [-0.2, 0) is 19.1 Å². The van der Waals surface area contributed by atoms with Crippen LogP contribution in [0.25, 0.3) is 0 Å². The Bertz CT molecular complexity index is 748. The van der Waals surface area contributed by atoms with Crippen molar-refractivity contribution in [1.29, 1.82) is 0 Å². The van der Waals surface area contributed by atoms with Gasteiger partial charge >= 0.3 is 11.9 Å². The van der Waals surface area contributed by atoms with Gasteiger partial charge in [-0.05, 0) is 43.7 Å². The molecule has 0 bridgehead atoms. The normalized spacial score (nSPS) is 21.0. The summed E-state index contributed by atoms with van der Waals surface area (Å²) in [5.74, 6) is -1.93. The number of fused-ring (bicyclic) bond motifs is 1. The molecule has 1 saturated heterocycles. The van der Waals surface area contributed by atoms with Gasteiger partial charge in [0, 0.05) is 13.2 Å². The first kappa shape index (κ1) is 21.1. The number of nitrogens with one attached hydrogen (secondary N) is 1. The second-order valence-electron chi connectivity index (χ2n) is 7.34. The van der Waals surface area contributed by atoms with E-state index in [-0.39, 0.29) is 6.61 Å². The molecule has 0 aromatic heterocycles. The summed E-state index contributed by atoms with van der Waals surface area (Å²) in [7, 11) is 0. The molecule has 2 aliphatic heterocycles. The Hall–Kier alpha value is -2.65. The quantitative estimate of drug-likeness (QED) is 0.586. The van der Waals surface area contributed by atoms with Gasteiger partial charge in [0.2, 0.25) is 5.91 Å². The van der Waals surface area contributed by atoms with Crippen molar-refractivity contribution in [3.8, 4) is 5.75 Å². The fourth-order valence-corrected chi connectivity index (χ4v) is 3.73. The van der Waals surface area contributed by atoms with Gasteiger partial charge in [-0.15, -0.1) is 0 Å². The molecule has 0 saturated carbocycles. The molecule has 1 amide bonds. The third-order valence-corrected chi connectivity index (χ3v) is 5.32. The van der Waals surface area contributed by atoms with E-state index in [9.17, 15) is 24.6 Å². The molecular formula is C20H26N2O7. The number of nitrogens with zero attached hydrogens (tertiary/aromatic N) is 1. The summed E-state index contributed by atoms with van der Waals surface area (Å²) in [5.41, 5.74) is 0.360. The molecule has 3 N–H and O–H groups in total. The molecule has 0 radical (unpaired) electrons. The summed E-state index contributed by atoms with van der Waals surface area (Å²) in [4.78, 5) is 37.2. The summed E-state index contributed by atoms with van der Waals surface area (Å²) in [6.45, 7) is 0.768. The van der Waals surface area contributed by atoms with Crippen molar-refractivity contribution in [2.24, 2.45) is 5.92 Å². The number of rotatable bonds is 8. The van der Waals surface area contributed by atoms with Crippen molar-refractivity contribution in [1.82, 2.24) is 5.32 Å². The van der Waals surface area contributed by atoms with Gasteiger partial charge in [-0.2, -0.15) is 0 Å². The van der Waals surface area contributed by atoms with E-state index in [0.717, 1.165) is 17.7 Å². The Morgan fingerprint density at radius 2 is 1.93 bits per heavy atom. The lowest BCUT2D eigenvalue weighted by molar-refractivity contribution is -0.141. The van der Waals surface area contributed by atoms with Crippen LogP contribution < -0.4 is 15.0 Å². The van der Waals surface area contributed by atoms with Crippen LogP contribution in [0.15, 0.2) is 24.3 Å². The van der Waals surface area contributed by atoms with E-state index in [1.165, 1.54) is 0 Å². The number of hydrogen-bond donors (Lipinski definition) is 3. The van der Waals surface area contributed by atoms with Crippen molar-refractivity contribution >= 4 is 23.5 Å². The number of ether oxygens (including phenoxy) is 2. The number of carboxylic acid groups (broad SMARTS) is 2. The molecule has 9 nitrogen and oxygen atoms in total. The van der Waals surface area contributed by atoms with Crippen LogP contribution in [0.3, 0.4) is 0 Å². The maximum Gasteiger partial charge on any atom is 0.323 e. The van der Waals surface area contributed by atoms with Crippen LogP contribution in [0.2, 0.25) is 0 Å². The highest BCUT2D eigenvalue weighted by Gasteiger charge is 2.35. The standard InChI is InChI=1S/C20H26N2O7/c23-18(24)11-22-16-3-1-2-4-17(16)29-12-15(19(22)25)21-14(20(26)27)6-5-13-7-9-28-10-8-13/h1-4,13-15,21H,5-12H2,(H,23,24)(H,26,27)/t14-,15-/m0/s1. The van der Waals surface area contributed by atoms with Crippen LogP contribution in [0.1, 0.15) is 25.7 Å². The Balaban J connectivity index is 1.71. The second kappa shape index (κ2) is 9.71. The van der Waals surface area contributed by atoms with Crippen LogP contribution in [0.4, 0.5) is 5.69 Å². The van der Waals surface area contributed by atoms with Crippen LogP contribution in [0.5, 0.6) is 5.75 Å². The summed E-state index contributed by atoms with van der Waals surface area (Å²) in [6, 6.07) is 4.79. The van der Waals surface area contributed by atoms with E-state index in [2.05, 4.69) is 5.32 Å². The molecule has 29 heavy (non-hydrogen) atoms. The lowest BCUT2D eigenvalue weighted by atomic mass is 9.92. The molecule has 0 unspecified atom stereocenters.